The van der Waals surface area contributed by atoms with Gasteiger partial charge in [-0.1, -0.05) is 29.5 Å². The van der Waals surface area contributed by atoms with Crippen LogP contribution < -0.4 is 15.4 Å². The fraction of sp³-hybridized carbons (Fsp3) is 0.406. The van der Waals surface area contributed by atoms with E-state index in [4.69, 9.17) is 21.1 Å². The minimum Gasteiger partial charge on any atom is -0.493 e. The number of rotatable bonds is 4. The summed E-state index contributed by atoms with van der Waals surface area (Å²) >= 11 is 6.41. The summed E-state index contributed by atoms with van der Waals surface area (Å²) in [5.41, 5.74) is 4.33. The Morgan fingerprint density at radius 2 is 2.07 bits per heavy atom. The summed E-state index contributed by atoms with van der Waals surface area (Å²) in [6.45, 7) is 6.82. The van der Waals surface area contributed by atoms with E-state index in [1.54, 1.807) is 30.5 Å². The number of benzene rings is 1. The molecule has 6 rings (SSSR count). The van der Waals surface area contributed by atoms with Crippen LogP contribution in [0.15, 0.2) is 36.7 Å². The molecule has 2 fully saturated rings. The lowest BCUT2D eigenvalue weighted by atomic mass is 10.0. The quantitative estimate of drug-likeness (QED) is 0.328. The van der Waals surface area contributed by atoms with Crippen LogP contribution in [0.3, 0.4) is 0 Å². The first-order valence-electron chi connectivity index (χ1n) is 14.2. The Morgan fingerprint density at radius 1 is 1.26 bits per heavy atom. The number of aromatic amines is 1. The van der Waals surface area contributed by atoms with Crippen molar-refractivity contribution >= 4 is 35.0 Å². The number of fused-ring (bicyclic) bond motifs is 1. The molecular weight excluding hydrogens is 554 g/mol. The van der Waals surface area contributed by atoms with Crippen LogP contribution in [0, 0.1) is 17.3 Å². The predicted octanol–water partition coefficient (Wildman–Crippen LogP) is 5.91. The molecular formula is C32H34ClN5O4. The van der Waals surface area contributed by atoms with Gasteiger partial charge in [0, 0.05) is 43.2 Å². The SMILES string of the molecule is COc1c(Cl)cccc1Nc1c(-c2ccncc2C#C[C@H]2CC3(CC3)CN2C(=O)OC(C)(C)C)[nH]c2c1C(=O)NCC2. The lowest BCUT2D eigenvalue weighted by Crippen LogP contribution is -2.39. The van der Waals surface area contributed by atoms with Crippen molar-refractivity contribution in [3.63, 3.8) is 0 Å². The van der Waals surface area contributed by atoms with Gasteiger partial charge in [-0.2, -0.15) is 0 Å². The summed E-state index contributed by atoms with van der Waals surface area (Å²) in [6.07, 6.45) is 6.76. The van der Waals surface area contributed by atoms with E-state index in [0.717, 1.165) is 30.5 Å². The van der Waals surface area contributed by atoms with Crippen LogP contribution in [0.5, 0.6) is 5.75 Å². The Bertz CT molecular complexity index is 1630. The van der Waals surface area contributed by atoms with Crippen molar-refractivity contribution in [2.75, 3.05) is 25.5 Å². The lowest BCUT2D eigenvalue weighted by Gasteiger charge is -2.26. The van der Waals surface area contributed by atoms with Gasteiger partial charge in [0.15, 0.2) is 5.75 Å². The zero-order valence-electron chi connectivity index (χ0n) is 24.2. The number of aromatic nitrogens is 2. The number of carbonyl (C=O) groups is 2. The van der Waals surface area contributed by atoms with Gasteiger partial charge < -0.3 is 25.1 Å². The molecule has 2 aromatic heterocycles. The third-order valence-corrected chi connectivity index (χ3v) is 8.25. The summed E-state index contributed by atoms with van der Waals surface area (Å²) in [5, 5.41) is 6.81. The van der Waals surface area contributed by atoms with Crippen LogP contribution in [-0.2, 0) is 11.2 Å². The highest BCUT2D eigenvalue weighted by Gasteiger charge is 2.53. The van der Waals surface area contributed by atoms with Gasteiger partial charge in [-0.3, -0.25) is 14.7 Å². The van der Waals surface area contributed by atoms with Crippen molar-refractivity contribution in [1.29, 1.82) is 0 Å². The lowest BCUT2D eigenvalue weighted by molar-refractivity contribution is 0.0253. The summed E-state index contributed by atoms with van der Waals surface area (Å²) in [5.74, 6) is 7.00. The predicted molar refractivity (Wildman–Crippen MR) is 161 cm³/mol. The number of H-pyrrole nitrogens is 1. The standard InChI is InChI=1S/C32H34ClN5O4/c1-31(2,3)42-30(40)38-18-32(12-13-32)16-20(38)9-8-19-17-34-14-10-21(19)26-27(25-23(36-26)11-15-35-29(25)39)37-24-7-5-6-22(33)28(24)41-4/h5-7,10,14,17,20,36-37H,11-13,15-16,18H2,1-4H3,(H,35,39)/t20-/m0/s1. The van der Waals surface area contributed by atoms with E-state index in [-0.39, 0.29) is 23.5 Å². The molecule has 2 amide bonds. The van der Waals surface area contributed by atoms with Crippen molar-refractivity contribution in [3.05, 3.63) is 58.5 Å². The van der Waals surface area contributed by atoms with Crippen molar-refractivity contribution in [2.24, 2.45) is 5.41 Å². The fourth-order valence-corrected chi connectivity index (χ4v) is 6.02. The number of methoxy groups -OCH3 is 1. The topological polar surface area (TPSA) is 109 Å². The van der Waals surface area contributed by atoms with E-state index in [1.165, 1.54) is 0 Å². The van der Waals surface area contributed by atoms with Gasteiger partial charge in [0.25, 0.3) is 5.91 Å². The third-order valence-electron chi connectivity index (χ3n) is 7.95. The summed E-state index contributed by atoms with van der Waals surface area (Å²) in [7, 11) is 1.55. The monoisotopic (exact) mass is 587 g/mol. The van der Waals surface area contributed by atoms with Gasteiger partial charge in [-0.05, 0) is 63.6 Å². The normalized spacial score (nSPS) is 18.5. The number of pyridine rings is 1. The third kappa shape index (κ3) is 5.39. The number of anilines is 2. The number of ether oxygens (including phenoxy) is 2. The molecule has 0 unspecified atom stereocenters. The number of nitrogens with zero attached hydrogens (tertiary/aromatic N) is 2. The van der Waals surface area contributed by atoms with E-state index in [0.29, 0.717) is 58.5 Å². The maximum absolute atomic E-state index is 13.1. The Labute approximate surface area is 250 Å². The number of amides is 2. The molecule has 3 N–H and O–H groups in total. The Balaban J connectivity index is 1.40. The van der Waals surface area contributed by atoms with Crippen LogP contribution in [0.25, 0.3) is 11.3 Å². The van der Waals surface area contributed by atoms with E-state index < -0.39 is 5.60 Å². The molecule has 9 nitrogen and oxygen atoms in total. The molecule has 0 radical (unpaired) electrons. The number of carbonyl (C=O) groups excluding carboxylic acids is 2. The van der Waals surface area contributed by atoms with Crippen molar-refractivity contribution in [2.45, 2.75) is 58.1 Å². The Kier molecular flexibility index (Phi) is 7.06. The number of hydrogen-bond donors (Lipinski definition) is 3. The molecule has 2 aliphatic heterocycles. The Morgan fingerprint density at radius 3 is 2.81 bits per heavy atom. The molecule has 1 saturated heterocycles. The molecule has 1 spiro atoms. The number of para-hydroxylation sites is 1. The van der Waals surface area contributed by atoms with Gasteiger partial charge in [-0.25, -0.2) is 4.79 Å². The van der Waals surface area contributed by atoms with E-state index >= 15 is 0 Å². The van der Waals surface area contributed by atoms with Crippen LogP contribution in [0.4, 0.5) is 16.2 Å². The maximum atomic E-state index is 13.1. The van der Waals surface area contributed by atoms with Crippen LogP contribution in [-0.4, -0.2) is 58.7 Å². The molecule has 1 atom stereocenters. The summed E-state index contributed by atoms with van der Waals surface area (Å²) in [4.78, 5) is 35.8. The van der Waals surface area contributed by atoms with E-state index in [2.05, 4.69) is 32.4 Å². The van der Waals surface area contributed by atoms with Gasteiger partial charge in [-0.15, -0.1) is 0 Å². The second-order valence-corrected chi connectivity index (χ2v) is 12.6. The van der Waals surface area contributed by atoms with Gasteiger partial charge in [0.1, 0.15) is 5.60 Å². The number of halogens is 1. The molecule has 10 heteroatoms. The number of likely N-dealkylation sites (tertiary alicyclic amines) is 1. The van der Waals surface area contributed by atoms with Crippen molar-refractivity contribution < 1.29 is 19.1 Å². The highest BCUT2D eigenvalue weighted by atomic mass is 35.5. The smallest absolute Gasteiger partial charge is 0.411 e. The summed E-state index contributed by atoms with van der Waals surface area (Å²) < 4.78 is 11.3. The van der Waals surface area contributed by atoms with Crippen LogP contribution >= 0.6 is 11.6 Å². The Hall–Kier alpha value is -4.16. The molecule has 1 aromatic carbocycles. The van der Waals surface area contributed by atoms with Crippen molar-refractivity contribution in [1.82, 2.24) is 20.2 Å². The molecule has 3 aliphatic rings. The summed E-state index contributed by atoms with van der Waals surface area (Å²) in [6, 6.07) is 7.03. The molecule has 42 heavy (non-hydrogen) atoms. The second-order valence-electron chi connectivity index (χ2n) is 12.2. The van der Waals surface area contributed by atoms with Gasteiger partial charge >= 0.3 is 6.09 Å². The first kappa shape index (κ1) is 28.0. The van der Waals surface area contributed by atoms with E-state index in [1.807, 2.05) is 39.0 Å². The average Bonchev–Trinajstić information content (AvgIpc) is 3.44. The molecule has 3 aromatic rings. The molecule has 1 aliphatic carbocycles. The van der Waals surface area contributed by atoms with Crippen LogP contribution in [0.2, 0.25) is 5.02 Å². The molecule has 0 bridgehead atoms. The highest BCUT2D eigenvalue weighted by Crippen LogP contribution is 2.55. The minimum atomic E-state index is -0.584. The van der Waals surface area contributed by atoms with E-state index in [9.17, 15) is 9.59 Å². The largest absolute Gasteiger partial charge is 0.493 e. The number of nitrogens with one attached hydrogen (secondary N) is 3. The van der Waals surface area contributed by atoms with Crippen molar-refractivity contribution in [3.8, 4) is 28.8 Å². The maximum Gasteiger partial charge on any atom is 0.411 e. The first-order valence-corrected chi connectivity index (χ1v) is 14.5. The first-order chi connectivity index (χ1) is 20.1. The minimum absolute atomic E-state index is 0.146. The fourth-order valence-electron chi connectivity index (χ4n) is 5.77. The molecule has 218 valence electrons. The number of hydrogen-bond acceptors (Lipinski definition) is 6. The zero-order valence-corrected chi connectivity index (χ0v) is 24.9. The second kappa shape index (κ2) is 10.6. The van der Waals surface area contributed by atoms with Gasteiger partial charge in [0.2, 0.25) is 0 Å². The molecule has 4 heterocycles. The van der Waals surface area contributed by atoms with Gasteiger partial charge in [0.05, 0.1) is 46.4 Å². The average molecular weight is 588 g/mol. The zero-order chi connectivity index (χ0) is 29.6. The molecule has 1 saturated carbocycles. The van der Waals surface area contributed by atoms with Crippen LogP contribution in [0.1, 0.15) is 61.6 Å². The highest BCUT2D eigenvalue weighted by molar-refractivity contribution is 6.32.